The smallest absolute Gasteiger partial charge is 0.109 e. The monoisotopic (exact) mass is 230 g/mol. The van der Waals surface area contributed by atoms with E-state index in [1.54, 1.807) is 6.20 Å². The van der Waals surface area contributed by atoms with Gasteiger partial charge in [-0.25, -0.2) is 4.98 Å². The average molecular weight is 230 g/mol. The van der Waals surface area contributed by atoms with Crippen molar-refractivity contribution < 1.29 is 0 Å². The molecule has 2 rings (SSSR count). The van der Waals surface area contributed by atoms with Crippen LogP contribution in [0.4, 0.5) is 0 Å². The molecule has 90 valence electrons. The fourth-order valence-corrected chi connectivity index (χ4v) is 1.81. The summed E-state index contributed by atoms with van der Waals surface area (Å²) in [5.41, 5.74) is 7.20. The Labute approximate surface area is 102 Å². The summed E-state index contributed by atoms with van der Waals surface area (Å²) in [6, 6.07) is 6.11. The van der Waals surface area contributed by atoms with Crippen molar-refractivity contribution in [2.24, 2.45) is 12.8 Å². The van der Waals surface area contributed by atoms with Crippen LogP contribution in [0.3, 0.4) is 0 Å². The number of aryl methyl sites for hydroxylation is 2. The first kappa shape index (κ1) is 11.8. The molecule has 2 aromatic rings. The number of nitrogens with zero attached hydrogens (tertiary/aromatic N) is 3. The second-order valence-corrected chi connectivity index (χ2v) is 4.28. The Bertz CT molecular complexity index is 449. The molecular weight excluding hydrogens is 212 g/mol. The molecule has 0 spiro atoms. The van der Waals surface area contributed by atoms with Gasteiger partial charge in [-0.05, 0) is 25.0 Å². The van der Waals surface area contributed by atoms with Crippen LogP contribution in [0.5, 0.6) is 0 Å². The highest BCUT2D eigenvalue weighted by Gasteiger charge is 2.08. The summed E-state index contributed by atoms with van der Waals surface area (Å²) in [5.74, 6) is 1.04. The highest BCUT2D eigenvalue weighted by Crippen LogP contribution is 2.05. The SMILES string of the molecule is Cn1ccnc1CC(N)CCc1ccccn1. The van der Waals surface area contributed by atoms with E-state index in [4.69, 9.17) is 5.73 Å². The van der Waals surface area contributed by atoms with Gasteiger partial charge in [0.05, 0.1) is 0 Å². The van der Waals surface area contributed by atoms with Crippen LogP contribution in [0.2, 0.25) is 0 Å². The summed E-state index contributed by atoms with van der Waals surface area (Å²) >= 11 is 0. The Morgan fingerprint density at radius 1 is 1.29 bits per heavy atom. The molecule has 2 N–H and O–H groups in total. The standard InChI is InChI=1S/C13H18N4/c1-17-9-8-16-13(17)10-11(14)5-6-12-4-2-3-7-15-12/h2-4,7-9,11H,5-6,10,14H2,1H3. The van der Waals surface area contributed by atoms with Crippen molar-refractivity contribution in [1.82, 2.24) is 14.5 Å². The van der Waals surface area contributed by atoms with Gasteiger partial charge in [0.15, 0.2) is 0 Å². The van der Waals surface area contributed by atoms with E-state index in [9.17, 15) is 0 Å². The van der Waals surface area contributed by atoms with Crippen LogP contribution < -0.4 is 5.73 Å². The number of hydrogen-bond donors (Lipinski definition) is 1. The maximum atomic E-state index is 6.10. The van der Waals surface area contributed by atoms with Gasteiger partial charge in [-0.15, -0.1) is 0 Å². The number of hydrogen-bond acceptors (Lipinski definition) is 3. The maximum Gasteiger partial charge on any atom is 0.109 e. The number of nitrogens with two attached hydrogens (primary N) is 1. The molecule has 17 heavy (non-hydrogen) atoms. The number of pyridine rings is 1. The van der Waals surface area contributed by atoms with Gasteiger partial charge in [0.1, 0.15) is 5.82 Å². The quantitative estimate of drug-likeness (QED) is 0.842. The number of imidazole rings is 1. The zero-order chi connectivity index (χ0) is 12.1. The third-order valence-electron chi connectivity index (χ3n) is 2.86. The molecule has 2 aromatic heterocycles. The van der Waals surface area contributed by atoms with Crippen molar-refractivity contribution in [3.05, 3.63) is 48.3 Å². The Morgan fingerprint density at radius 2 is 2.18 bits per heavy atom. The molecule has 0 saturated heterocycles. The summed E-state index contributed by atoms with van der Waals surface area (Å²) in [5, 5.41) is 0. The number of aromatic nitrogens is 3. The van der Waals surface area contributed by atoms with E-state index in [1.807, 2.05) is 42.2 Å². The van der Waals surface area contributed by atoms with Gasteiger partial charge in [-0.1, -0.05) is 6.07 Å². The Kier molecular flexibility index (Phi) is 3.88. The molecule has 0 bridgehead atoms. The van der Waals surface area contributed by atoms with Gasteiger partial charge >= 0.3 is 0 Å². The van der Waals surface area contributed by atoms with Crippen LogP contribution in [-0.2, 0) is 19.9 Å². The summed E-state index contributed by atoms with van der Waals surface area (Å²) in [4.78, 5) is 8.57. The third-order valence-corrected chi connectivity index (χ3v) is 2.86. The first-order valence-electron chi connectivity index (χ1n) is 5.87. The molecule has 0 fully saturated rings. The fourth-order valence-electron chi connectivity index (χ4n) is 1.81. The van der Waals surface area contributed by atoms with Gasteiger partial charge < -0.3 is 10.3 Å². The lowest BCUT2D eigenvalue weighted by Crippen LogP contribution is -2.25. The van der Waals surface area contributed by atoms with Gasteiger partial charge in [-0.3, -0.25) is 4.98 Å². The molecule has 4 heteroatoms. The van der Waals surface area contributed by atoms with E-state index >= 15 is 0 Å². The van der Waals surface area contributed by atoms with Crippen molar-refractivity contribution in [3.8, 4) is 0 Å². The lowest BCUT2D eigenvalue weighted by Gasteiger charge is -2.10. The molecule has 0 saturated carbocycles. The molecule has 0 amide bonds. The average Bonchev–Trinajstić information content (AvgIpc) is 2.74. The molecule has 2 heterocycles. The summed E-state index contributed by atoms with van der Waals surface area (Å²) < 4.78 is 2.01. The molecule has 1 atom stereocenters. The van der Waals surface area contributed by atoms with Crippen molar-refractivity contribution in [2.75, 3.05) is 0 Å². The second kappa shape index (κ2) is 5.59. The first-order valence-corrected chi connectivity index (χ1v) is 5.87. The predicted molar refractivity (Wildman–Crippen MR) is 67.4 cm³/mol. The summed E-state index contributed by atoms with van der Waals surface area (Å²) in [6.45, 7) is 0. The second-order valence-electron chi connectivity index (χ2n) is 4.28. The molecule has 1 unspecified atom stereocenters. The van der Waals surface area contributed by atoms with E-state index in [2.05, 4.69) is 9.97 Å². The zero-order valence-electron chi connectivity index (χ0n) is 10.1. The van der Waals surface area contributed by atoms with Crippen molar-refractivity contribution >= 4 is 0 Å². The van der Waals surface area contributed by atoms with E-state index in [0.29, 0.717) is 0 Å². The van der Waals surface area contributed by atoms with E-state index in [-0.39, 0.29) is 6.04 Å². The maximum absolute atomic E-state index is 6.10. The van der Waals surface area contributed by atoms with Crippen molar-refractivity contribution in [1.29, 1.82) is 0 Å². The molecular formula is C13H18N4. The molecule has 0 radical (unpaired) electrons. The van der Waals surface area contributed by atoms with Gasteiger partial charge in [-0.2, -0.15) is 0 Å². The van der Waals surface area contributed by atoms with Crippen LogP contribution in [-0.4, -0.2) is 20.6 Å². The van der Waals surface area contributed by atoms with Gasteiger partial charge in [0.25, 0.3) is 0 Å². The topological polar surface area (TPSA) is 56.7 Å². The van der Waals surface area contributed by atoms with Crippen LogP contribution in [0.25, 0.3) is 0 Å². The number of rotatable bonds is 5. The lowest BCUT2D eigenvalue weighted by molar-refractivity contribution is 0.578. The van der Waals surface area contributed by atoms with Crippen LogP contribution in [0, 0.1) is 0 Å². The van der Waals surface area contributed by atoms with E-state index in [1.165, 1.54) is 0 Å². The fraction of sp³-hybridized carbons (Fsp3) is 0.385. The van der Waals surface area contributed by atoms with Gasteiger partial charge in [0.2, 0.25) is 0 Å². The third kappa shape index (κ3) is 3.39. The van der Waals surface area contributed by atoms with Gasteiger partial charge in [0, 0.05) is 43.8 Å². The zero-order valence-corrected chi connectivity index (χ0v) is 10.1. The minimum absolute atomic E-state index is 0.137. The van der Waals surface area contributed by atoms with Crippen molar-refractivity contribution in [3.63, 3.8) is 0 Å². The highest BCUT2D eigenvalue weighted by molar-refractivity contribution is 5.04. The Hall–Kier alpha value is -1.68. The van der Waals surface area contributed by atoms with Crippen molar-refractivity contribution in [2.45, 2.75) is 25.3 Å². The first-order chi connectivity index (χ1) is 8.25. The largest absolute Gasteiger partial charge is 0.338 e. The molecule has 0 aromatic carbocycles. The molecule has 4 nitrogen and oxygen atoms in total. The van der Waals surface area contributed by atoms with Crippen LogP contribution >= 0.6 is 0 Å². The Balaban J connectivity index is 1.82. The summed E-state index contributed by atoms with van der Waals surface area (Å²) in [6.07, 6.45) is 8.24. The molecule has 0 aliphatic rings. The highest BCUT2D eigenvalue weighted by atomic mass is 15.0. The van der Waals surface area contributed by atoms with E-state index in [0.717, 1.165) is 30.8 Å². The van der Waals surface area contributed by atoms with Crippen LogP contribution in [0.1, 0.15) is 17.9 Å². The van der Waals surface area contributed by atoms with Crippen LogP contribution in [0.15, 0.2) is 36.8 Å². The minimum atomic E-state index is 0.137. The van der Waals surface area contributed by atoms with E-state index < -0.39 is 0 Å². The Morgan fingerprint density at radius 3 is 2.82 bits per heavy atom. The lowest BCUT2D eigenvalue weighted by atomic mass is 10.1. The molecule has 0 aliphatic heterocycles. The minimum Gasteiger partial charge on any atom is -0.338 e. The predicted octanol–water partition coefficient (Wildman–Crippen LogP) is 1.32. The molecule has 0 aliphatic carbocycles. The normalized spacial score (nSPS) is 12.6. The summed E-state index contributed by atoms with van der Waals surface area (Å²) in [7, 11) is 1.99.